The first kappa shape index (κ1) is 19.5. The Morgan fingerprint density at radius 2 is 2.10 bits per heavy atom. The minimum atomic E-state index is -0.412. The van der Waals surface area contributed by atoms with Crippen LogP contribution in [0.5, 0.6) is 0 Å². The smallest absolute Gasteiger partial charge is 0.414 e. The zero-order chi connectivity index (χ0) is 21.6. The second-order valence-corrected chi connectivity index (χ2v) is 8.42. The monoisotopic (exact) mass is 417 g/mol. The number of benzene rings is 1. The molecule has 1 aromatic heterocycles. The molecule has 2 aromatic rings. The average molecular weight is 417 g/mol. The van der Waals surface area contributed by atoms with E-state index in [1.165, 1.54) is 6.92 Å². The Bertz CT molecular complexity index is 1060. The molecule has 2 N–H and O–H groups in total. The number of cyclic esters (lactones) is 1. The predicted octanol–water partition coefficient (Wildman–Crippen LogP) is 1.82. The molecule has 8 nitrogen and oxygen atoms in total. The lowest BCUT2D eigenvalue weighted by molar-refractivity contribution is -0.119. The molecule has 4 atom stereocenters. The number of amides is 2. The summed E-state index contributed by atoms with van der Waals surface area (Å²) in [4.78, 5) is 29.5. The van der Waals surface area contributed by atoms with E-state index in [0.29, 0.717) is 19.0 Å². The molecule has 1 aromatic carbocycles. The number of carbonyl (C=O) groups excluding carboxylic acids is 2. The van der Waals surface area contributed by atoms with Crippen LogP contribution in [0, 0.1) is 23.2 Å². The lowest BCUT2D eigenvalue weighted by Crippen LogP contribution is -2.33. The standard InChI is InChI=1S/C23H23N5O3/c1-14(29)26-10-18-12-28(22(30)31-18)17-5-2-15(3-6-17)16-4-7-21(27-9-16)23-13-25-11-20(23)19(23)8-24/h2-7,9,18-20,25H,10-13H2,1H3,(H,26,29)/t18-,19-,20+,23+/m0/s1. The van der Waals surface area contributed by atoms with E-state index in [9.17, 15) is 14.9 Å². The summed E-state index contributed by atoms with van der Waals surface area (Å²) in [6.45, 7) is 3.83. The van der Waals surface area contributed by atoms with Crippen LogP contribution in [-0.4, -0.2) is 49.3 Å². The van der Waals surface area contributed by atoms with E-state index in [1.807, 2.05) is 42.6 Å². The Kier molecular flexibility index (Phi) is 4.63. The van der Waals surface area contributed by atoms with Gasteiger partial charge in [0.1, 0.15) is 6.10 Å². The summed E-state index contributed by atoms with van der Waals surface area (Å²) in [6, 6.07) is 14.2. The number of ether oxygens (including phenoxy) is 1. The minimum Gasteiger partial charge on any atom is -0.442 e. The maximum absolute atomic E-state index is 12.2. The van der Waals surface area contributed by atoms with Gasteiger partial charge < -0.3 is 15.4 Å². The van der Waals surface area contributed by atoms with Crippen LogP contribution in [0.15, 0.2) is 42.6 Å². The molecule has 3 heterocycles. The van der Waals surface area contributed by atoms with Crippen molar-refractivity contribution >= 4 is 17.7 Å². The first-order chi connectivity index (χ1) is 15.0. The average Bonchev–Trinajstić information content (AvgIpc) is 3.05. The van der Waals surface area contributed by atoms with Gasteiger partial charge in [0.2, 0.25) is 5.91 Å². The molecule has 3 fully saturated rings. The van der Waals surface area contributed by atoms with Gasteiger partial charge in [0.15, 0.2) is 0 Å². The van der Waals surface area contributed by atoms with E-state index in [1.54, 1.807) is 4.90 Å². The van der Waals surface area contributed by atoms with Gasteiger partial charge in [0.05, 0.1) is 25.1 Å². The molecule has 158 valence electrons. The van der Waals surface area contributed by atoms with Crippen LogP contribution < -0.4 is 15.5 Å². The summed E-state index contributed by atoms with van der Waals surface area (Å²) >= 11 is 0. The van der Waals surface area contributed by atoms with Crippen molar-refractivity contribution in [3.05, 3.63) is 48.3 Å². The summed E-state index contributed by atoms with van der Waals surface area (Å²) in [5.41, 5.74) is 3.59. The number of anilines is 1. The number of carbonyl (C=O) groups is 2. The van der Waals surface area contributed by atoms with Crippen LogP contribution in [0.1, 0.15) is 12.6 Å². The van der Waals surface area contributed by atoms with E-state index in [0.717, 1.165) is 35.6 Å². The van der Waals surface area contributed by atoms with Crippen LogP contribution >= 0.6 is 0 Å². The SMILES string of the molecule is CC(=O)NC[C@H]1CN(c2ccc(-c3ccc([C@@]45CNC[C@@H]4[C@@H]5C#N)nc3)cc2)C(=O)O1. The zero-order valence-corrected chi connectivity index (χ0v) is 17.2. The maximum atomic E-state index is 12.2. The highest BCUT2D eigenvalue weighted by Crippen LogP contribution is 2.61. The third kappa shape index (κ3) is 3.22. The van der Waals surface area contributed by atoms with E-state index in [4.69, 9.17) is 9.72 Å². The molecule has 3 aliphatic rings. The van der Waals surface area contributed by atoms with E-state index >= 15 is 0 Å². The number of pyridine rings is 1. The molecule has 1 saturated carbocycles. The summed E-state index contributed by atoms with van der Waals surface area (Å²) in [5.74, 6) is 0.272. The molecule has 31 heavy (non-hydrogen) atoms. The fourth-order valence-electron chi connectivity index (χ4n) is 4.91. The van der Waals surface area contributed by atoms with Gasteiger partial charge in [-0.1, -0.05) is 18.2 Å². The molecular formula is C23H23N5O3. The number of nitrogens with one attached hydrogen (secondary N) is 2. The third-order valence-electron chi connectivity index (χ3n) is 6.64. The molecule has 5 rings (SSSR count). The fourth-order valence-corrected chi connectivity index (χ4v) is 4.91. The van der Waals surface area contributed by atoms with Gasteiger partial charge in [-0.2, -0.15) is 5.26 Å². The first-order valence-electron chi connectivity index (χ1n) is 10.4. The van der Waals surface area contributed by atoms with Gasteiger partial charge in [-0.15, -0.1) is 0 Å². The van der Waals surface area contributed by atoms with Gasteiger partial charge in [0.25, 0.3) is 0 Å². The summed E-state index contributed by atoms with van der Waals surface area (Å²) in [5, 5.41) is 15.5. The van der Waals surface area contributed by atoms with E-state index in [-0.39, 0.29) is 23.3 Å². The lowest BCUT2D eigenvalue weighted by Gasteiger charge is -2.15. The van der Waals surface area contributed by atoms with Crippen molar-refractivity contribution in [2.45, 2.75) is 18.4 Å². The van der Waals surface area contributed by atoms with Crippen molar-refractivity contribution in [3.8, 4) is 17.2 Å². The molecule has 2 saturated heterocycles. The molecule has 0 radical (unpaired) electrons. The highest BCUT2D eigenvalue weighted by molar-refractivity contribution is 5.90. The molecular weight excluding hydrogens is 394 g/mol. The third-order valence-corrected chi connectivity index (χ3v) is 6.64. The molecule has 1 aliphatic carbocycles. The van der Waals surface area contributed by atoms with Crippen molar-refractivity contribution in [2.24, 2.45) is 11.8 Å². The normalized spacial score (nSPS) is 28.6. The molecule has 0 bridgehead atoms. The zero-order valence-electron chi connectivity index (χ0n) is 17.2. The van der Waals surface area contributed by atoms with Crippen molar-refractivity contribution in [1.82, 2.24) is 15.6 Å². The molecule has 0 spiro atoms. The second kappa shape index (κ2) is 7.36. The van der Waals surface area contributed by atoms with Crippen LogP contribution in [0.3, 0.4) is 0 Å². The Morgan fingerprint density at radius 1 is 1.32 bits per heavy atom. The minimum absolute atomic E-state index is 0.0565. The van der Waals surface area contributed by atoms with Gasteiger partial charge >= 0.3 is 6.09 Å². The summed E-state index contributed by atoms with van der Waals surface area (Å²) in [7, 11) is 0. The van der Waals surface area contributed by atoms with E-state index < -0.39 is 6.09 Å². The number of piperidine rings is 1. The first-order valence-corrected chi connectivity index (χ1v) is 10.4. The van der Waals surface area contributed by atoms with Crippen molar-refractivity contribution in [2.75, 3.05) is 31.1 Å². The number of fused-ring (bicyclic) bond motifs is 1. The fraction of sp³-hybridized carbons (Fsp3) is 0.391. The Hall–Kier alpha value is -3.44. The maximum Gasteiger partial charge on any atom is 0.414 e. The summed E-state index contributed by atoms with van der Waals surface area (Å²) < 4.78 is 5.32. The van der Waals surface area contributed by atoms with Crippen molar-refractivity contribution in [1.29, 1.82) is 5.26 Å². The largest absolute Gasteiger partial charge is 0.442 e. The Morgan fingerprint density at radius 3 is 2.74 bits per heavy atom. The highest BCUT2D eigenvalue weighted by atomic mass is 16.6. The van der Waals surface area contributed by atoms with Crippen LogP contribution in [0.25, 0.3) is 11.1 Å². The molecule has 0 unspecified atom stereocenters. The number of hydrogen-bond acceptors (Lipinski definition) is 6. The Labute approximate surface area is 180 Å². The van der Waals surface area contributed by atoms with Gasteiger partial charge in [-0.3, -0.25) is 14.7 Å². The molecule has 2 aliphatic heterocycles. The Balaban J connectivity index is 1.28. The van der Waals surface area contributed by atoms with Crippen LogP contribution in [0.2, 0.25) is 0 Å². The molecule has 8 heteroatoms. The van der Waals surface area contributed by atoms with Crippen molar-refractivity contribution < 1.29 is 14.3 Å². The highest BCUT2D eigenvalue weighted by Gasteiger charge is 2.69. The topological polar surface area (TPSA) is 107 Å². The van der Waals surface area contributed by atoms with Gasteiger partial charge in [-0.05, 0) is 23.8 Å². The predicted molar refractivity (Wildman–Crippen MR) is 113 cm³/mol. The van der Waals surface area contributed by atoms with Crippen LogP contribution in [-0.2, 0) is 14.9 Å². The van der Waals surface area contributed by atoms with Crippen LogP contribution in [0.4, 0.5) is 10.5 Å². The summed E-state index contributed by atoms with van der Waals surface area (Å²) in [6.07, 6.45) is 1.08. The van der Waals surface area contributed by atoms with E-state index in [2.05, 4.69) is 16.7 Å². The number of nitriles is 1. The lowest BCUT2D eigenvalue weighted by atomic mass is 9.97. The quantitative estimate of drug-likeness (QED) is 0.769. The number of aromatic nitrogens is 1. The number of hydrogen-bond donors (Lipinski definition) is 2. The van der Waals surface area contributed by atoms with Gasteiger partial charge in [0, 0.05) is 54.5 Å². The second-order valence-electron chi connectivity index (χ2n) is 8.42. The van der Waals surface area contributed by atoms with Crippen molar-refractivity contribution in [3.63, 3.8) is 0 Å². The number of nitrogens with zero attached hydrogens (tertiary/aromatic N) is 3. The number of rotatable bonds is 5. The molecule has 2 amide bonds. The van der Waals surface area contributed by atoms with Gasteiger partial charge in [-0.25, -0.2) is 4.79 Å².